The highest BCUT2D eigenvalue weighted by atomic mass is 35.5. The average molecular weight is 639 g/mol. The van der Waals surface area contributed by atoms with E-state index in [1.807, 2.05) is 44.2 Å². The molecule has 0 bridgehead atoms. The van der Waals surface area contributed by atoms with E-state index in [-0.39, 0.29) is 11.0 Å². The van der Waals surface area contributed by atoms with Crippen LogP contribution < -0.4 is 0 Å². The number of aliphatic hydroxyl groups is 1. The van der Waals surface area contributed by atoms with E-state index in [9.17, 15) is 5.11 Å². The Kier molecular flexibility index (Phi) is 9.16. The molecule has 1 saturated carbocycles. The molecule has 0 unspecified atom stereocenters. The van der Waals surface area contributed by atoms with Crippen LogP contribution in [0.1, 0.15) is 86.6 Å². The predicted molar refractivity (Wildman–Crippen MR) is 191 cm³/mol. The molecule has 3 aromatic carbocycles. The molecule has 2 aliphatic rings. The van der Waals surface area contributed by atoms with Gasteiger partial charge in [-0.1, -0.05) is 78.3 Å². The summed E-state index contributed by atoms with van der Waals surface area (Å²) in [4.78, 5) is 9.66. The van der Waals surface area contributed by atoms with Crippen molar-refractivity contribution in [2.75, 3.05) is 12.4 Å². The van der Waals surface area contributed by atoms with Gasteiger partial charge in [0.05, 0.1) is 22.4 Å². The second kappa shape index (κ2) is 12.9. The van der Waals surface area contributed by atoms with Crippen LogP contribution in [-0.4, -0.2) is 33.9 Å². The molecule has 45 heavy (non-hydrogen) atoms. The van der Waals surface area contributed by atoms with Crippen LogP contribution in [0.25, 0.3) is 23.1 Å². The predicted octanol–water partition coefficient (Wildman–Crippen LogP) is 10.1. The van der Waals surface area contributed by atoms with Crippen LogP contribution in [-0.2, 0) is 16.8 Å². The number of ether oxygens (including phenoxy) is 1. The van der Waals surface area contributed by atoms with Crippen molar-refractivity contribution in [1.82, 2.24) is 4.98 Å². The van der Waals surface area contributed by atoms with Gasteiger partial charge in [0, 0.05) is 27.8 Å². The van der Waals surface area contributed by atoms with Gasteiger partial charge < -0.3 is 9.84 Å². The summed E-state index contributed by atoms with van der Waals surface area (Å²) in [7, 11) is 0. The molecule has 1 atom stereocenters. The number of rotatable bonds is 12. The Bertz CT molecular complexity index is 1730. The zero-order chi connectivity index (χ0) is 31.7. The van der Waals surface area contributed by atoms with Crippen LogP contribution in [0.3, 0.4) is 0 Å². The largest absolute Gasteiger partial charge is 0.478 e. The number of hydrogen-bond donors (Lipinski definition) is 1. The van der Waals surface area contributed by atoms with Gasteiger partial charge in [-0.2, -0.15) is 11.8 Å². The lowest BCUT2D eigenvalue weighted by Gasteiger charge is -2.24. The molecule has 6 heteroatoms. The van der Waals surface area contributed by atoms with Crippen molar-refractivity contribution in [3.8, 4) is 0 Å². The maximum absolute atomic E-state index is 10.9. The normalized spacial score (nSPS) is 17.8. The van der Waals surface area contributed by atoms with Crippen LogP contribution >= 0.6 is 23.4 Å². The summed E-state index contributed by atoms with van der Waals surface area (Å²) < 4.78 is 5.99. The fourth-order valence-corrected chi connectivity index (χ4v) is 7.85. The number of pyridine rings is 1. The fourth-order valence-electron chi connectivity index (χ4n) is 6.11. The zero-order valence-corrected chi connectivity index (χ0v) is 28.3. The van der Waals surface area contributed by atoms with Gasteiger partial charge >= 0.3 is 0 Å². The van der Waals surface area contributed by atoms with E-state index in [1.54, 1.807) is 0 Å². The summed E-state index contributed by atoms with van der Waals surface area (Å²) in [6.45, 7) is 8.71. The lowest BCUT2D eigenvalue weighted by molar-refractivity contribution is 0.0776. The smallest absolute Gasteiger partial charge is 0.184 e. The van der Waals surface area contributed by atoms with E-state index in [4.69, 9.17) is 26.3 Å². The standard InChI is InChI=1S/C39H43ClN2O2S/c1-37(2)25-44-36(42-37)24-39(20-21-39)26-45-35(19-15-28-9-5-6-11-33(28)38(3,4)43)30-10-7-8-27(22-30)12-17-32-18-14-29-13-16-31(40)23-34(29)41-32/h5-14,16-18,22-23,35,43H,15,19-21,24-26H2,1-4H3/b17-12+/t35-/m1/s1. The summed E-state index contributed by atoms with van der Waals surface area (Å²) >= 11 is 8.28. The molecule has 1 aromatic heterocycles. The van der Waals surface area contributed by atoms with Crippen molar-refractivity contribution in [2.24, 2.45) is 10.4 Å². The Morgan fingerprint density at radius 3 is 2.56 bits per heavy atom. The molecule has 1 N–H and O–H groups in total. The van der Waals surface area contributed by atoms with Crippen LogP contribution in [0.4, 0.5) is 0 Å². The maximum Gasteiger partial charge on any atom is 0.184 e. The first-order chi connectivity index (χ1) is 21.5. The van der Waals surface area contributed by atoms with Gasteiger partial charge in [-0.05, 0) is 105 Å². The third kappa shape index (κ3) is 8.19. The number of fused-ring (bicyclic) bond motifs is 1. The van der Waals surface area contributed by atoms with Crippen LogP contribution in [0.5, 0.6) is 0 Å². The Labute approximate surface area is 277 Å². The number of halogens is 1. The number of hydrogen-bond acceptors (Lipinski definition) is 5. The summed E-state index contributed by atoms with van der Waals surface area (Å²) in [5.74, 6) is 2.02. The summed E-state index contributed by atoms with van der Waals surface area (Å²) in [5.41, 5.74) is 5.78. The zero-order valence-electron chi connectivity index (χ0n) is 26.7. The number of aliphatic imine (C=N–C) groups is 1. The third-order valence-electron chi connectivity index (χ3n) is 8.85. The van der Waals surface area contributed by atoms with Gasteiger partial charge in [-0.15, -0.1) is 0 Å². The molecule has 0 radical (unpaired) electrons. The van der Waals surface area contributed by atoms with Crippen molar-refractivity contribution in [3.05, 3.63) is 112 Å². The molecule has 4 nitrogen and oxygen atoms in total. The average Bonchev–Trinajstić information content (AvgIpc) is 3.68. The SMILES string of the molecule is CC1(C)COC(CC2(CS[C@H](CCc3ccccc3C(C)(C)O)c3cccc(/C=C/c4ccc5ccc(Cl)cc5n4)c3)CC2)=N1. The van der Waals surface area contributed by atoms with E-state index in [1.165, 1.54) is 24.0 Å². The van der Waals surface area contributed by atoms with Crippen LogP contribution in [0, 0.1) is 5.41 Å². The Balaban J connectivity index is 1.22. The fraction of sp³-hybridized carbons (Fsp3) is 0.385. The lowest BCUT2D eigenvalue weighted by Crippen LogP contribution is -2.18. The molecule has 1 aliphatic heterocycles. The highest BCUT2D eigenvalue weighted by molar-refractivity contribution is 7.99. The van der Waals surface area contributed by atoms with E-state index in [2.05, 4.69) is 86.3 Å². The number of aromatic nitrogens is 1. The number of thioether (sulfide) groups is 1. The van der Waals surface area contributed by atoms with Gasteiger partial charge in [-0.25, -0.2) is 9.98 Å². The first kappa shape index (κ1) is 31.8. The maximum atomic E-state index is 10.9. The van der Waals surface area contributed by atoms with E-state index in [0.29, 0.717) is 16.9 Å². The van der Waals surface area contributed by atoms with Crippen molar-refractivity contribution in [3.63, 3.8) is 0 Å². The van der Waals surface area contributed by atoms with E-state index in [0.717, 1.165) is 58.6 Å². The van der Waals surface area contributed by atoms with Crippen LogP contribution in [0.2, 0.25) is 5.02 Å². The van der Waals surface area contributed by atoms with Crippen molar-refractivity contribution in [2.45, 2.75) is 76.2 Å². The van der Waals surface area contributed by atoms with Gasteiger partial charge in [-0.3, -0.25) is 0 Å². The van der Waals surface area contributed by atoms with Gasteiger partial charge in [0.25, 0.3) is 0 Å². The minimum absolute atomic E-state index is 0.113. The number of nitrogens with zero attached hydrogens (tertiary/aromatic N) is 2. The minimum Gasteiger partial charge on any atom is -0.478 e. The molecule has 234 valence electrons. The van der Waals surface area contributed by atoms with E-state index >= 15 is 0 Å². The molecule has 0 spiro atoms. The molecule has 0 amide bonds. The number of aryl methyl sites for hydroxylation is 1. The topological polar surface area (TPSA) is 54.7 Å². The molecular formula is C39H43ClN2O2S. The highest BCUT2D eigenvalue weighted by Crippen LogP contribution is 2.54. The second-order valence-corrected chi connectivity index (χ2v) is 15.5. The summed E-state index contributed by atoms with van der Waals surface area (Å²) in [6, 6.07) is 27.2. The Hall–Kier alpha value is -3.12. The molecule has 1 aliphatic carbocycles. The Morgan fingerprint density at radius 2 is 1.80 bits per heavy atom. The van der Waals surface area contributed by atoms with Crippen LogP contribution in [0.15, 0.2) is 83.9 Å². The first-order valence-corrected chi connectivity index (χ1v) is 17.4. The summed E-state index contributed by atoms with van der Waals surface area (Å²) in [6.07, 6.45) is 9.49. The quantitative estimate of drug-likeness (QED) is 0.168. The third-order valence-corrected chi connectivity index (χ3v) is 10.8. The van der Waals surface area contributed by atoms with Gasteiger partial charge in [0.1, 0.15) is 6.61 Å². The minimum atomic E-state index is -0.875. The second-order valence-electron chi connectivity index (χ2n) is 13.9. The monoisotopic (exact) mass is 638 g/mol. The molecule has 6 rings (SSSR count). The first-order valence-electron chi connectivity index (χ1n) is 16.0. The molecule has 4 aromatic rings. The van der Waals surface area contributed by atoms with Crippen molar-refractivity contribution in [1.29, 1.82) is 0 Å². The van der Waals surface area contributed by atoms with E-state index < -0.39 is 5.60 Å². The van der Waals surface area contributed by atoms with Crippen molar-refractivity contribution < 1.29 is 9.84 Å². The van der Waals surface area contributed by atoms with Gasteiger partial charge in [0.2, 0.25) is 0 Å². The highest BCUT2D eigenvalue weighted by Gasteiger charge is 2.45. The molecular weight excluding hydrogens is 596 g/mol. The molecule has 0 saturated heterocycles. The lowest BCUT2D eigenvalue weighted by atomic mass is 9.90. The van der Waals surface area contributed by atoms with Crippen molar-refractivity contribution >= 4 is 52.3 Å². The molecule has 2 heterocycles. The Morgan fingerprint density at radius 1 is 1.00 bits per heavy atom. The summed E-state index contributed by atoms with van der Waals surface area (Å²) in [5, 5.41) is 12.9. The molecule has 1 fully saturated rings. The number of benzene rings is 3. The van der Waals surface area contributed by atoms with Gasteiger partial charge in [0.15, 0.2) is 5.90 Å².